The van der Waals surface area contributed by atoms with Crippen LogP contribution < -0.4 is 10.1 Å². The zero-order valence-corrected chi connectivity index (χ0v) is 10.7. The number of nitrogens with zero attached hydrogens (tertiary/aromatic N) is 4. The maximum Gasteiger partial charge on any atom is 0.233 e. The van der Waals surface area contributed by atoms with Gasteiger partial charge in [-0.05, 0) is 25.5 Å². The van der Waals surface area contributed by atoms with Crippen LogP contribution in [-0.4, -0.2) is 40.0 Å². The van der Waals surface area contributed by atoms with Crippen LogP contribution in [0.5, 0.6) is 5.88 Å². The lowest BCUT2D eigenvalue weighted by atomic mass is 10.1. The minimum atomic E-state index is 0.440. The SMILES string of the molecule is COc1ccc(-c2noc(CC3CCCN3)n2)nn1. The van der Waals surface area contributed by atoms with Crippen molar-refractivity contribution in [3.8, 4) is 17.4 Å². The summed E-state index contributed by atoms with van der Waals surface area (Å²) in [7, 11) is 1.55. The molecule has 7 heteroatoms. The van der Waals surface area contributed by atoms with E-state index < -0.39 is 0 Å². The molecule has 1 saturated heterocycles. The number of rotatable bonds is 4. The summed E-state index contributed by atoms with van der Waals surface area (Å²) < 4.78 is 10.2. The first-order valence-corrected chi connectivity index (χ1v) is 6.29. The highest BCUT2D eigenvalue weighted by atomic mass is 16.5. The molecule has 0 spiro atoms. The van der Waals surface area contributed by atoms with Crippen LogP contribution in [-0.2, 0) is 6.42 Å². The van der Waals surface area contributed by atoms with Crippen molar-refractivity contribution in [1.29, 1.82) is 0 Å². The summed E-state index contributed by atoms with van der Waals surface area (Å²) in [6.45, 7) is 1.07. The summed E-state index contributed by atoms with van der Waals surface area (Å²) in [6, 6.07) is 3.92. The van der Waals surface area contributed by atoms with E-state index in [0.717, 1.165) is 19.4 Å². The smallest absolute Gasteiger partial charge is 0.233 e. The molecule has 19 heavy (non-hydrogen) atoms. The topological polar surface area (TPSA) is 86.0 Å². The fourth-order valence-electron chi connectivity index (χ4n) is 2.13. The van der Waals surface area contributed by atoms with E-state index in [1.54, 1.807) is 19.2 Å². The highest BCUT2D eigenvalue weighted by Gasteiger charge is 2.18. The predicted octanol–water partition coefficient (Wildman–Crippen LogP) is 0.830. The molecule has 1 unspecified atom stereocenters. The first-order chi connectivity index (χ1) is 9.35. The Labute approximate surface area is 110 Å². The van der Waals surface area contributed by atoms with Gasteiger partial charge in [-0.25, -0.2) is 0 Å². The van der Waals surface area contributed by atoms with Crippen LogP contribution in [0.1, 0.15) is 18.7 Å². The Balaban J connectivity index is 1.72. The molecule has 3 rings (SSSR count). The summed E-state index contributed by atoms with van der Waals surface area (Å²) in [5.74, 6) is 1.55. The average Bonchev–Trinajstić information content (AvgIpc) is 3.11. The van der Waals surface area contributed by atoms with E-state index in [4.69, 9.17) is 9.26 Å². The number of hydrogen-bond donors (Lipinski definition) is 1. The van der Waals surface area contributed by atoms with Crippen LogP contribution in [0.25, 0.3) is 11.5 Å². The maximum absolute atomic E-state index is 5.24. The van der Waals surface area contributed by atoms with E-state index >= 15 is 0 Å². The lowest BCUT2D eigenvalue weighted by Crippen LogP contribution is -2.23. The van der Waals surface area contributed by atoms with Crippen molar-refractivity contribution >= 4 is 0 Å². The molecular weight excluding hydrogens is 246 g/mol. The molecule has 1 fully saturated rings. The van der Waals surface area contributed by atoms with Crippen molar-refractivity contribution in [1.82, 2.24) is 25.7 Å². The quantitative estimate of drug-likeness (QED) is 0.872. The second kappa shape index (κ2) is 5.31. The van der Waals surface area contributed by atoms with Gasteiger partial charge in [-0.15, -0.1) is 10.2 Å². The standard InChI is InChI=1S/C12H15N5O2/c1-18-10-5-4-9(15-16-10)12-14-11(19-17-12)7-8-3-2-6-13-8/h4-5,8,13H,2-3,6-7H2,1H3. The van der Waals surface area contributed by atoms with Gasteiger partial charge in [-0.3, -0.25) is 0 Å². The van der Waals surface area contributed by atoms with Gasteiger partial charge in [0.2, 0.25) is 17.6 Å². The Morgan fingerprint density at radius 3 is 3.05 bits per heavy atom. The molecule has 2 aromatic heterocycles. The minimum absolute atomic E-state index is 0.440. The van der Waals surface area contributed by atoms with Crippen molar-refractivity contribution in [3.63, 3.8) is 0 Å². The summed E-state index contributed by atoms with van der Waals surface area (Å²) >= 11 is 0. The van der Waals surface area contributed by atoms with Crippen LogP contribution in [0.2, 0.25) is 0 Å². The molecule has 1 aliphatic rings. The number of nitrogens with one attached hydrogen (secondary N) is 1. The predicted molar refractivity (Wildman–Crippen MR) is 66.6 cm³/mol. The lowest BCUT2D eigenvalue weighted by Gasteiger charge is -2.04. The normalized spacial score (nSPS) is 18.7. The van der Waals surface area contributed by atoms with Crippen LogP contribution in [0.4, 0.5) is 0 Å². The van der Waals surface area contributed by atoms with Gasteiger partial charge in [0.25, 0.3) is 0 Å². The molecule has 0 saturated carbocycles. The number of hydrogen-bond acceptors (Lipinski definition) is 7. The van der Waals surface area contributed by atoms with E-state index in [2.05, 4.69) is 25.7 Å². The van der Waals surface area contributed by atoms with Gasteiger partial charge in [0, 0.05) is 18.5 Å². The molecule has 0 aliphatic carbocycles. The minimum Gasteiger partial charge on any atom is -0.480 e. The van der Waals surface area contributed by atoms with E-state index in [9.17, 15) is 0 Å². The summed E-state index contributed by atoms with van der Waals surface area (Å²) in [4.78, 5) is 4.34. The third-order valence-electron chi connectivity index (χ3n) is 3.13. The van der Waals surface area contributed by atoms with Gasteiger partial charge in [0.1, 0.15) is 5.69 Å². The summed E-state index contributed by atoms with van der Waals surface area (Å²) in [5, 5.41) is 15.2. The fourth-order valence-corrected chi connectivity index (χ4v) is 2.13. The number of ether oxygens (including phenoxy) is 1. The third-order valence-corrected chi connectivity index (χ3v) is 3.13. The number of aromatic nitrogens is 4. The van der Waals surface area contributed by atoms with Crippen LogP contribution in [0.15, 0.2) is 16.7 Å². The van der Waals surface area contributed by atoms with Gasteiger partial charge in [0.05, 0.1) is 7.11 Å². The zero-order valence-electron chi connectivity index (χ0n) is 10.7. The molecule has 100 valence electrons. The van der Waals surface area contributed by atoms with Gasteiger partial charge in [-0.1, -0.05) is 5.16 Å². The lowest BCUT2D eigenvalue weighted by molar-refractivity contribution is 0.364. The van der Waals surface area contributed by atoms with Crippen LogP contribution in [0, 0.1) is 0 Å². The van der Waals surface area contributed by atoms with Crippen molar-refractivity contribution < 1.29 is 9.26 Å². The Hall–Kier alpha value is -2.02. The van der Waals surface area contributed by atoms with E-state index in [0.29, 0.717) is 29.3 Å². The average molecular weight is 261 g/mol. The molecule has 0 bridgehead atoms. The molecule has 2 aromatic rings. The van der Waals surface area contributed by atoms with Gasteiger partial charge < -0.3 is 14.6 Å². The van der Waals surface area contributed by atoms with Crippen LogP contribution in [0.3, 0.4) is 0 Å². The molecule has 0 amide bonds. The van der Waals surface area contributed by atoms with E-state index in [1.165, 1.54) is 6.42 Å². The second-order valence-electron chi connectivity index (χ2n) is 4.47. The number of methoxy groups -OCH3 is 1. The maximum atomic E-state index is 5.24. The van der Waals surface area contributed by atoms with Crippen molar-refractivity contribution in [2.24, 2.45) is 0 Å². The highest BCUT2D eigenvalue weighted by Crippen LogP contribution is 2.16. The monoisotopic (exact) mass is 261 g/mol. The first kappa shape index (κ1) is 12.0. The molecule has 3 heterocycles. The molecule has 0 radical (unpaired) electrons. The van der Waals surface area contributed by atoms with E-state index in [1.807, 2.05) is 0 Å². The first-order valence-electron chi connectivity index (χ1n) is 6.29. The Bertz CT molecular complexity index is 533. The molecular formula is C12H15N5O2. The van der Waals surface area contributed by atoms with Crippen LogP contribution >= 0.6 is 0 Å². The molecule has 1 atom stereocenters. The van der Waals surface area contributed by atoms with Crippen molar-refractivity contribution in [2.45, 2.75) is 25.3 Å². The van der Waals surface area contributed by atoms with Crippen molar-refractivity contribution in [2.75, 3.05) is 13.7 Å². The largest absolute Gasteiger partial charge is 0.480 e. The van der Waals surface area contributed by atoms with Gasteiger partial charge >= 0.3 is 0 Å². The Morgan fingerprint density at radius 2 is 2.37 bits per heavy atom. The molecule has 1 aliphatic heterocycles. The molecule has 1 N–H and O–H groups in total. The van der Waals surface area contributed by atoms with E-state index in [-0.39, 0.29) is 0 Å². The van der Waals surface area contributed by atoms with Crippen molar-refractivity contribution in [3.05, 3.63) is 18.0 Å². The summed E-state index contributed by atoms with van der Waals surface area (Å²) in [6.07, 6.45) is 3.12. The summed E-state index contributed by atoms with van der Waals surface area (Å²) in [5.41, 5.74) is 0.579. The third kappa shape index (κ3) is 2.70. The second-order valence-corrected chi connectivity index (χ2v) is 4.47. The fraction of sp³-hybridized carbons (Fsp3) is 0.500. The Morgan fingerprint density at radius 1 is 1.42 bits per heavy atom. The molecule has 0 aromatic carbocycles. The zero-order chi connectivity index (χ0) is 13.1. The van der Waals surface area contributed by atoms with Gasteiger partial charge in [0.15, 0.2) is 0 Å². The Kier molecular flexibility index (Phi) is 3.37. The highest BCUT2D eigenvalue weighted by molar-refractivity contribution is 5.47. The molecule has 7 nitrogen and oxygen atoms in total. The van der Waals surface area contributed by atoms with Gasteiger partial charge in [-0.2, -0.15) is 4.98 Å².